The Kier molecular flexibility index (Phi) is 4.52. The van der Waals surface area contributed by atoms with Crippen LogP contribution in [-0.2, 0) is 0 Å². The van der Waals surface area contributed by atoms with Crippen molar-refractivity contribution in [1.82, 2.24) is 4.57 Å². The topological polar surface area (TPSA) is 4.93 Å². The molecule has 0 spiro atoms. The lowest BCUT2D eigenvalue weighted by Gasteiger charge is -2.09. The van der Waals surface area contributed by atoms with Crippen LogP contribution in [0.25, 0.3) is 33.1 Å². The van der Waals surface area contributed by atoms with Crippen LogP contribution in [0, 0.1) is 6.92 Å². The summed E-state index contributed by atoms with van der Waals surface area (Å²) in [5.41, 5.74) is 7.22. The molecule has 1 aromatic heterocycles. The van der Waals surface area contributed by atoms with Crippen LogP contribution in [0.5, 0.6) is 0 Å². The number of aromatic nitrogens is 1. The van der Waals surface area contributed by atoms with Gasteiger partial charge in [-0.15, -0.1) is 0 Å². The van der Waals surface area contributed by atoms with Gasteiger partial charge in [-0.05, 0) is 60.9 Å². The quantitative estimate of drug-likeness (QED) is 0.342. The molecular formula is C26H23N. The molecule has 0 saturated heterocycles. The first kappa shape index (κ1) is 17.1. The Hall–Kier alpha value is -3.32. The fraction of sp³-hybridized carbons (Fsp3) is 0.0769. The predicted molar refractivity (Wildman–Crippen MR) is 119 cm³/mol. The summed E-state index contributed by atoms with van der Waals surface area (Å²) in [6.45, 7) is 8.15. The van der Waals surface area contributed by atoms with Gasteiger partial charge in [0, 0.05) is 16.5 Å². The highest BCUT2D eigenvalue weighted by atomic mass is 15.0. The molecule has 0 saturated carbocycles. The minimum absolute atomic E-state index is 1.13. The molecule has 3 aromatic carbocycles. The Balaban J connectivity index is 2.04. The molecule has 0 aliphatic carbocycles. The molecule has 27 heavy (non-hydrogen) atoms. The predicted octanol–water partition coefficient (Wildman–Crippen LogP) is 7.24. The summed E-state index contributed by atoms with van der Waals surface area (Å²) in [5.74, 6) is 0. The van der Waals surface area contributed by atoms with Gasteiger partial charge in [-0.25, -0.2) is 0 Å². The number of benzene rings is 3. The van der Waals surface area contributed by atoms with Crippen molar-refractivity contribution in [2.24, 2.45) is 0 Å². The normalized spacial score (nSPS) is 12.3. The standard InChI is InChI=1S/C26H23N/c1-4-6-11-20(5-2)21-15-16-26-24(18-21)23-13-7-8-14-25(23)27(26)22-12-9-10-19(3)17-22/h4-18H,2H2,1,3H3/b6-4-,20-11+. The van der Waals surface area contributed by atoms with Gasteiger partial charge in [-0.1, -0.05) is 67.3 Å². The highest BCUT2D eigenvalue weighted by Gasteiger charge is 2.13. The molecule has 1 heterocycles. The van der Waals surface area contributed by atoms with Gasteiger partial charge in [-0.3, -0.25) is 0 Å². The zero-order valence-electron chi connectivity index (χ0n) is 15.8. The second kappa shape index (κ2) is 7.13. The van der Waals surface area contributed by atoms with Crippen molar-refractivity contribution >= 4 is 27.4 Å². The lowest BCUT2D eigenvalue weighted by Crippen LogP contribution is -1.94. The summed E-state index contributed by atoms with van der Waals surface area (Å²) >= 11 is 0. The van der Waals surface area contributed by atoms with Gasteiger partial charge in [0.25, 0.3) is 0 Å². The van der Waals surface area contributed by atoms with Crippen LogP contribution < -0.4 is 0 Å². The van der Waals surface area contributed by atoms with E-state index in [4.69, 9.17) is 0 Å². The number of aryl methyl sites for hydroxylation is 1. The Morgan fingerprint density at radius 2 is 1.70 bits per heavy atom. The van der Waals surface area contributed by atoms with Crippen molar-refractivity contribution in [3.8, 4) is 5.69 Å². The van der Waals surface area contributed by atoms with E-state index in [0.717, 1.165) is 5.57 Å². The van der Waals surface area contributed by atoms with Crippen LogP contribution in [0.2, 0.25) is 0 Å². The average Bonchev–Trinajstić information content (AvgIpc) is 3.02. The number of nitrogens with zero attached hydrogens (tertiary/aromatic N) is 1. The zero-order valence-corrected chi connectivity index (χ0v) is 15.8. The van der Waals surface area contributed by atoms with Crippen molar-refractivity contribution in [2.75, 3.05) is 0 Å². The lowest BCUT2D eigenvalue weighted by atomic mass is 10.0. The monoisotopic (exact) mass is 349 g/mol. The smallest absolute Gasteiger partial charge is 0.0541 e. The molecular weight excluding hydrogens is 326 g/mol. The maximum atomic E-state index is 3.99. The molecule has 1 nitrogen and oxygen atoms in total. The van der Waals surface area contributed by atoms with Crippen molar-refractivity contribution in [3.05, 3.63) is 109 Å². The van der Waals surface area contributed by atoms with Gasteiger partial charge in [0.15, 0.2) is 0 Å². The summed E-state index contributed by atoms with van der Waals surface area (Å²) in [6, 6.07) is 24.0. The average molecular weight is 349 g/mol. The summed E-state index contributed by atoms with van der Waals surface area (Å²) in [6.07, 6.45) is 8.11. The first-order valence-corrected chi connectivity index (χ1v) is 9.29. The van der Waals surface area contributed by atoms with E-state index in [9.17, 15) is 0 Å². The highest BCUT2D eigenvalue weighted by molar-refractivity contribution is 6.10. The minimum atomic E-state index is 1.13. The first-order valence-electron chi connectivity index (χ1n) is 9.29. The van der Waals surface area contributed by atoms with E-state index in [1.54, 1.807) is 0 Å². The second-order valence-electron chi connectivity index (χ2n) is 6.78. The van der Waals surface area contributed by atoms with Crippen LogP contribution in [0.3, 0.4) is 0 Å². The fourth-order valence-electron chi connectivity index (χ4n) is 3.68. The number of hydrogen-bond acceptors (Lipinski definition) is 0. The Labute approximate surface area is 160 Å². The summed E-state index contributed by atoms with van der Waals surface area (Å²) < 4.78 is 2.35. The molecule has 4 aromatic rings. The van der Waals surface area contributed by atoms with Crippen LogP contribution in [-0.4, -0.2) is 4.57 Å². The van der Waals surface area contributed by atoms with Crippen LogP contribution >= 0.6 is 0 Å². The van der Waals surface area contributed by atoms with E-state index < -0.39 is 0 Å². The van der Waals surface area contributed by atoms with Crippen molar-refractivity contribution < 1.29 is 0 Å². The molecule has 0 atom stereocenters. The molecule has 0 unspecified atom stereocenters. The van der Waals surface area contributed by atoms with Crippen LogP contribution in [0.4, 0.5) is 0 Å². The molecule has 0 N–H and O–H groups in total. The molecule has 0 fully saturated rings. The number of allylic oxidation sites excluding steroid dienone is 5. The second-order valence-corrected chi connectivity index (χ2v) is 6.78. The Morgan fingerprint density at radius 3 is 2.48 bits per heavy atom. The largest absolute Gasteiger partial charge is 0.309 e. The molecule has 0 amide bonds. The third-order valence-corrected chi connectivity index (χ3v) is 4.95. The van der Waals surface area contributed by atoms with Gasteiger partial charge >= 0.3 is 0 Å². The third-order valence-electron chi connectivity index (χ3n) is 4.95. The summed E-state index contributed by atoms with van der Waals surface area (Å²) in [4.78, 5) is 0. The number of hydrogen-bond donors (Lipinski definition) is 0. The molecule has 4 rings (SSSR count). The Morgan fingerprint density at radius 1 is 0.889 bits per heavy atom. The van der Waals surface area contributed by atoms with E-state index in [-0.39, 0.29) is 0 Å². The maximum Gasteiger partial charge on any atom is 0.0541 e. The molecule has 0 aliphatic heterocycles. The van der Waals surface area contributed by atoms with E-state index in [0.29, 0.717) is 0 Å². The van der Waals surface area contributed by atoms with E-state index in [2.05, 4.69) is 97.0 Å². The van der Waals surface area contributed by atoms with Crippen molar-refractivity contribution in [1.29, 1.82) is 0 Å². The van der Waals surface area contributed by atoms with Gasteiger partial charge in [0.05, 0.1) is 11.0 Å². The number of para-hydroxylation sites is 1. The van der Waals surface area contributed by atoms with Crippen LogP contribution in [0.15, 0.2) is 97.6 Å². The first-order chi connectivity index (χ1) is 13.2. The molecule has 0 aliphatic rings. The van der Waals surface area contributed by atoms with E-state index in [1.165, 1.54) is 38.6 Å². The molecule has 0 bridgehead atoms. The van der Waals surface area contributed by atoms with Gasteiger partial charge in [-0.2, -0.15) is 0 Å². The third kappa shape index (κ3) is 3.02. The molecule has 0 radical (unpaired) electrons. The SMILES string of the molecule is C=C/C(=C\C=C/C)c1ccc2c(c1)c1ccccc1n2-c1cccc(C)c1. The maximum absolute atomic E-state index is 3.99. The summed E-state index contributed by atoms with van der Waals surface area (Å²) in [7, 11) is 0. The van der Waals surface area contributed by atoms with Crippen molar-refractivity contribution in [3.63, 3.8) is 0 Å². The zero-order chi connectivity index (χ0) is 18.8. The fourth-order valence-corrected chi connectivity index (χ4v) is 3.68. The highest BCUT2D eigenvalue weighted by Crippen LogP contribution is 2.34. The van der Waals surface area contributed by atoms with Gasteiger partial charge in [0.1, 0.15) is 0 Å². The van der Waals surface area contributed by atoms with Crippen LogP contribution in [0.1, 0.15) is 18.1 Å². The molecule has 132 valence electrons. The molecule has 1 heteroatoms. The van der Waals surface area contributed by atoms with Gasteiger partial charge < -0.3 is 4.57 Å². The summed E-state index contributed by atoms with van der Waals surface area (Å²) in [5, 5.41) is 2.53. The number of rotatable bonds is 4. The van der Waals surface area contributed by atoms with E-state index in [1.807, 2.05) is 19.1 Å². The Bertz CT molecular complexity index is 1200. The van der Waals surface area contributed by atoms with E-state index >= 15 is 0 Å². The lowest BCUT2D eigenvalue weighted by molar-refractivity contribution is 1.17. The van der Waals surface area contributed by atoms with Gasteiger partial charge in [0.2, 0.25) is 0 Å². The van der Waals surface area contributed by atoms with Crippen molar-refractivity contribution in [2.45, 2.75) is 13.8 Å². The number of fused-ring (bicyclic) bond motifs is 3. The minimum Gasteiger partial charge on any atom is -0.309 e.